The van der Waals surface area contributed by atoms with E-state index in [1.165, 1.54) is 18.2 Å². The van der Waals surface area contributed by atoms with Gasteiger partial charge in [-0.2, -0.15) is 0 Å². The zero-order valence-electron chi connectivity index (χ0n) is 11.4. The standard InChI is InChI=1S/C13H17BO5/c1-12(2)13(3,4)19-14(18-12)10-7-8(15)5-6-9(10)11(16)17/h5-7,15H,1-4H3,(H,16,17). The number of carboxylic acid groups (broad SMARTS) is 1. The van der Waals surface area contributed by atoms with Crippen molar-refractivity contribution >= 4 is 18.6 Å². The fraction of sp³-hybridized carbons (Fsp3) is 0.462. The lowest BCUT2D eigenvalue weighted by Crippen LogP contribution is -2.41. The minimum absolute atomic E-state index is 0.0188. The predicted molar refractivity (Wildman–Crippen MR) is 70.8 cm³/mol. The predicted octanol–water partition coefficient (Wildman–Crippen LogP) is 1.39. The average molecular weight is 264 g/mol. The van der Waals surface area contributed by atoms with Gasteiger partial charge >= 0.3 is 13.1 Å². The van der Waals surface area contributed by atoms with Gasteiger partial charge < -0.3 is 19.5 Å². The summed E-state index contributed by atoms with van der Waals surface area (Å²) in [4.78, 5) is 11.2. The molecule has 2 rings (SSSR count). The van der Waals surface area contributed by atoms with Gasteiger partial charge in [-0.05, 0) is 45.9 Å². The summed E-state index contributed by atoms with van der Waals surface area (Å²) < 4.78 is 11.6. The van der Waals surface area contributed by atoms with E-state index in [4.69, 9.17) is 9.31 Å². The fourth-order valence-corrected chi connectivity index (χ4v) is 1.91. The van der Waals surface area contributed by atoms with Crippen LogP contribution < -0.4 is 5.46 Å². The second kappa shape index (κ2) is 4.25. The largest absolute Gasteiger partial charge is 0.508 e. The van der Waals surface area contributed by atoms with E-state index in [1.807, 2.05) is 27.7 Å². The van der Waals surface area contributed by atoms with Gasteiger partial charge in [-0.25, -0.2) is 4.79 Å². The first-order chi connectivity index (χ1) is 8.64. The number of aromatic carboxylic acids is 1. The number of phenols is 1. The van der Waals surface area contributed by atoms with Crippen molar-refractivity contribution < 1.29 is 24.3 Å². The summed E-state index contributed by atoms with van der Waals surface area (Å²) in [5.41, 5.74) is -0.722. The van der Waals surface area contributed by atoms with Crippen molar-refractivity contribution in [1.29, 1.82) is 0 Å². The Morgan fingerprint density at radius 1 is 1.16 bits per heavy atom. The van der Waals surface area contributed by atoms with Crippen molar-refractivity contribution in [1.82, 2.24) is 0 Å². The first-order valence-corrected chi connectivity index (χ1v) is 6.06. The zero-order chi connectivity index (χ0) is 14.4. The molecule has 1 aliphatic rings. The van der Waals surface area contributed by atoms with Gasteiger partial charge in [-0.3, -0.25) is 0 Å². The minimum atomic E-state index is -1.08. The molecule has 0 bridgehead atoms. The van der Waals surface area contributed by atoms with Gasteiger partial charge in [0.25, 0.3) is 0 Å². The van der Waals surface area contributed by atoms with Crippen molar-refractivity contribution in [2.75, 3.05) is 0 Å². The minimum Gasteiger partial charge on any atom is -0.508 e. The third-order valence-electron chi connectivity index (χ3n) is 3.77. The quantitative estimate of drug-likeness (QED) is 0.789. The zero-order valence-corrected chi connectivity index (χ0v) is 11.4. The summed E-state index contributed by atoms with van der Waals surface area (Å²) in [6.45, 7) is 7.54. The van der Waals surface area contributed by atoms with Gasteiger partial charge in [-0.1, -0.05) is 0 Å². The Hall–Kier alpha value is -1.53. The third kappa shape index (κ3) is 2.33. The van der Waals surface area contributed by atoms with Crippen LogP contribution in [0.5, 0.6) is 5.75 Å². The second-order valence-electron chi connectivity index (χ2n) is 5.66. The Morgan fingerprint density at radius 2 is 1.68 bits per heavy atom. The fourth-order valence-electron chi connectivity index (χ4n) is 1.91. The maximum atomic E-state index is 11.2. The number of hydrogen-bond donors (Lipinski definition) is 2. The molecule has 0 radical (unpaired) electrons. The Morgan fingerprint density at radius 3 is 2.16 bits per heavy atom. The molecular formula is C13H17BO5. The van der Waals surface area contributed by atoms with Gasteiger partial charge in [0.1, 0.15) is 5.75 Å². The highest BCUT2D eigenvalue weighted by Gasteiger charge is 2.52. The van der Waals surface area contributed by atoms with E-state index in [-0.39, 0.29) is 11.3 Å². The van der Waals surface area contributed by atoms with Gasteiger partial charge in [0, 0.05) is 5.46 Å². The van der Waals surface area contributed by atoms with E-state index >= 15 is 0 Å². The SMILES string of the molecule is CC1(C)OB(c2cc(O)ccc2C(=O)O)OC1(C)C. The summed E-state index contributed by atoms with van der Waals surface area (Å²) in [6, 6.07) is 4.04. The molecule has 6 heteroatoms. The van der Waals surface area contributed by atoms with Crippen LogP contribution >= 0.6 is 0 Å². The summed E-state index contributed by atoms with van der Waals surface area (Å²) in [7, 11) is -0.803. The molecule has 102 valence electrons. The molecule has 1 aromatic rings. The lowest BCUT2D eigenvalue weighted by Gasteiger charge is -2.32. The molecule has 1 aliphatic heterocycles. The number of carboxylic acids is 1. The molecule has 2 N–H and O–H groups in total. The van der Waals surface area contributed by atoms with Gasteiger partial charge in [0.15, 0.2) is 0 Å². The highest BCUT2D eigenvalue weighted by atomic mass is 16.7. The van der Waals surface area contributed by atoms with Crippen molar-refractivity contribution in [3.8, 4) is 5.75 Å². The number of carbonyl (C=O) groups is 1. The molecule has 1 fully saturated rings. The summed E-state index contributed by atoms with van der Waals surface area (Å²) in [5.74, 6) is -1.10. The molecular weight excluding hydrogens is 247 g/mol. The Labute approximate surface area is 112 Å². The molecule has 19 heavy (non-hydrogen) atoms. The van der Waals surface area contributed by atoms with Crippen LogP contribution in [0.3, 0.4) is 0 Å². The number of hydrogen-bond acceptors (Lipinski definition) is 4. The van der Waals surface area contributed by atoms with Crippen molar-refractivity contribution in [3.05, 3.63) is 23.8 Å². The van der Waals surface area contributed by atoms with E-state index in [9.17, 15) is 15.0 Å². The van der Waals surface area contributed by atoms with Crippen LogP contribution in [0.4, 0.5) is 0 Å². The number of benzene rings is 1. The van der Waals surface area contributed by atoms with Crippen molar-refractivity contribution in [3.63, 3.8) is 0 Å². The summed E-state index contributed by atoms with van der Waals surface area (Å²) in [5, 5.41) is 18.7. The maximum absolute atomic E-state index is 11.2. The Kier molecular flexibility index (Phi) is 3.11. The topological polar surface area (TPSA) is 76.0 Å². The molecule has 0 aliphatic carbocycles. The van der Waals surface area contributed by atoms with Crippen molar-refractivity contribution in [2.45, 2.75) is 38.9 Å². The highest BCUT2D eigenvalue weighted by Crippen LogP contribution is 2.36. The smallest absolute Gasteiger partial charge is 0.495 e. The monoisotopic (exact) mass is 264 g/mol. The van der Waals surface area contributed by atoms with Gasteiger partial charge in [0.2, 0.25) is 0 Å². The van der Waals surface area contributed by atoms with E-state index in [0.29, 0.717) is 5.46 Å². The first-order valence-electron chi connectivity index (χ1n) is 6.06. The van der Waals surface area contributed by atoms with Crippen LogP contribution in [0.2, 0.25) is 0 Å². The van der Waals surface area contributed by atoms with Crippen LogP contribution in [0, 0.1) is 0 Å². The highest BCUT2D eigenvalue weighted by molar-refractivity contribution is 6.63. The molecule has 0 amide bonds. The molecule has 1 saturated heterocycles. The van der Waals surface area contributed by atoms with E-state index in [2.05, 4.69) is 0 Å². The number of rotatable bonds is 2. The molecule has 0 unspecified atom stereocenters. The second-order valence-corrected chi connectivity index (χ2v) is 5.66. The average Bonchev–Trinajstić information content (AvgIpc) is 2.47. The first kappa shape index (κ1) is 13.9. The molecule has 5 nitrogen and oxygen atoms in total. The van der Waals surface area contributed by atoms with Gasteiger partial charge in [0.05, 0.1) is 16.8 Å². The van der Waals surface area contributed by atoms with Crippen LogP contribution in [0.25, 0.3) is 0 Å². The van der Waals surface area contributed by atoms with Crippen LogP contribution in [0.1, 0.15) is 38.1 Å². The number of aromatic hydroxyl groups is 1. The normalized spacial score (nSPS) is 20.5. The Bertz CT molecular complexity index is 508. The lowest BCUT2D eigenvalue weighted by atomic mass is 9.76. The van der Waals surface area contributed by atoms with Crippen LogP contribution in [-0.2, 0) is 9.31 Å². The molecule has 1 heterocycles. The maximum Gasteiger partial charge on any atom is 0.495 e. The third-order valence-corrected chi connectivity index (χ3v) is 3.77. The molecule has 0 aromatic heterocycles. The molecule has 0 saturated carbocycles. The molecule has 1 aromatic carbocycles. The molecule has 0 spiro atoms. The summed E-state index contributed by atoms with van der Waals surface area (Å²) in [6.07, 6.45) is 0. The number of phenolic OH excluding ortho intramolecular Hbond substituents is 1. The Balaban J connectivity index is 2.44. The van der Waals surface area contributed by atoms with Crippen LogP contribution in [0.15, 0.2) is 18.2 Å². The lowest BCUT2D eigenvalue weighted by molar-refractivity contribution is 0.00578. The summed E-state index contributed by atoms with van der Waals surface area (Å²) >= 11 is 0. The van der Waals surface area contributed by atoms with Gasteiger partial charge in [-0.15, -0.1) is 0 Å². The van der Waals surface area contributed by atoms with Crippen LogP contribution in [-0.4, -0.2) is 34.5 Å². The van der Waals surface area contributed by atoms with E-state index in [0.717, 1.165) is 0 Å². The molecule has 0 atom stereocenters. The van der Waals surface area contributed by atoms with E-state index in [1.54, 1.807) is 0 Å². The van der Waals surface area contributed by atoms with Crippen molar-refractivity contribution in [2.24, 2.45) is 0 Å². The van der Waals surface area contributed by atoms with E-state index < -0.39 is 24.3 Å².